The van der Waals surface area contributed by atoms with Gasteiger partial charge in [0.15, 0.2) is 5.96 Å². The smallest absolute Gasteiger partial charge is 0.191 e. The van der Waals surface area contributed by atoms with Crippen molar-refractivity contribution >= 4 is 5.96 Å². The van der Waals surface area contributed by atoms with Crippen LogP contribution in [-0.2, 0) is 4.74 Å². The fourth-order valence-electron chi connectivity index (χ4n) is 4.64. The van der Waals surface area contributed by atoms with E-state index in [2.05, 4.69) is 44.6 Å². The zero-order valence-corrected chi connectivity index (χ0v) is 19.6. The quantitative estimate of drug-likeness (QED) is 0.463. The van der Waals surface area contributed by atoms with Crippen LogP contribution in [0.5, 0.6) is 5.75 Å². The summed E-state index contributed by atoms with van der Waals surface area (Å²) in [5.74, 6) is 1.75. The normalized spacial score (nSPS) is 19.9. The summed E-state index contributed by atoms with van der Waals surface area (Å²) in [6.07, 6.45) is 6.83. The average Bonchev–Trinajstić information content (AvgIpc) is 2.84. The minimum absolute atomic E-state index is 0.262. The molecule has 1 aromatic rings. The Labute approximate surface area is 188 Å². The molecule has 3 rings (SSSR count). The lowest BCUT2D eigenvalue weighted by atomic mass is 9.94. The first-order valence-corrected chi connectivity index (χ1v) is 11.8. The van der Waals surface area contributed by atoms with Gasteiger partial charge in [0.25, 0.3) is 0 Å². The van der Waals surface area contributed by atoms with Crippen LogP contribution >= 0.6 is 0 Å². The first-order chi connectivity index (χ1) is 15.2. The van der Waals surface area contributed by atoms with E-state index in [1.54, 1.807) is 7.11 Å². The summed E-state index contributed by atoms with van der Waals surface area (Å²) in [5.41, 5.74) is 1.28. The van der Waals surface area contributed by atoms with Gasteiger partial charge in [0, 0.05) is 45.8 Å². The van der Waals surface area contributed by atoms with E-state index in [1.165, 1.54) is 37.7 Å². The molecule has 0 radical (unpaired) electrons. The van der Waals surface area contributed by atoms with Crippen molar-refractivity contribution in [3.8, 4) is 5.75 Å². The van der Waals surface area contributed by atoms with Crippen LogP contribution in [0.3, 0.4) is 0 Å². The van der Waals surface area contributed by atoms with E-state index in [9.17, 15) is 0 Å². The zero-order chi connectivity index (χ0) is 21.9. The number of rotatable bonds is 9. The average molecular weight is 432 g/mol. The van der Waals surface area contributed by atoms with Crippen LogP contribution in [0.15, 0.2) is 29.3 Å². The Bertz CT molecular complexity index is 654. The second-order valence-electron chi connectivity index (χ2n) is 8.59. The molecule has 0 aromatic heterocycles. The van der Waals surface area contributed by atoms with E-state index >= 15 is 0 Å². The summed E-state index contributed by atoms with van der Waals surface area (Å²) in [6, 6.07) is 9.41. The van der Waals surface area contributed by atoms with Gasteiger partial charge in [-0.1, -0.05) is 31.4 Å². The summed E-state index contributed by atoms with van der Waals surface area (Å²) in [6.45, 7) is 6.19. The third-order valence-electron chi connectivity index (χ3n) is 6.63. The Balaban J connectivity index is 1.51. The molecule has 7 heteroatoms. The Morgan fingerprint density at radius 3 is 2.52 bits per heavy atom. The second kappa shape index (κ2) is 12.9. The van der Waals surface area contributed by atoms with E-state index < -0.39 is 0 Å². The van der Waals surface area contributed by atoms with Crippen molar-refractivity contribution in [1.29, 1.82) is 0 Å². The van der Waals surface area contributed by atoms with Crippen LogP contribution in [0.1, 0.15) is 43.7 Å². The Hall–Kier alpha value is -1.83. The number of hydrogen-bond acceptors (Lipinski definition) is 5. The van der Waals surface area contributed by atoms with Crippen molar-refractivity contribution in [2.24, 2.45) is 4.99 Å². The van der Waals surface area contributed by atoms with Crippen molar-refractivity contribution < 1.29 is 9.47 Å². The molecule has 1 saturated heterocycles. The van der Waals surface area contributed by atoms with Crippen molar-refractivity contribution in [1.82, 2.24) is 20.4 Å². The van der Waals surface area contributed by atoms with Gasteiger partial charge in [-0.2, -0.15) is 0 Å². The maximum Gasteiger partial charge on any atom is 0.191 e. The standard InChI is InChI=1S/C24H41N5O2/c1-25-24(26-13-14-28(2)21-7-5-4-6-8-21)27-19-23(29-15-17-31-18-16-29)20-9-11-22(30-3)12-10-20/h9-12,21,23H,4-8,13-19H2,1-3H3,(H2,25,26,27). The molecule has 1 aliphatic carbocycles. The van der Waals surface area contributed by atoms with E-state index in [0.717, 1.165) is 63.7 Å². The third kappa shape index (κ3) is 7.37. The Morgan fingerprint density at radius 2 is 1.87 bits per heavy atom. The number of guanidine groups is 1. The number of methoxy groups -OCH3 is 1. The van der Waals surface area contributed by atoms with Crippen molar-refractivity contribution in [2.45, 2.75) is 44.2 Å². The van der Waals surface area contributed by atoms with Gasteiger partial charge < -0.3 is 25.0 Å². The summed E-state index contributed by atoms with van der Waals surface area (Å²) in [4.78, 5) is 9.44. The zero-order valence-electron chi connectivity index (χ0n) is 19.6. The molecule has 1 unspecified atom stereocenters. The van der Waals surface area contributed by atoms with Gasteiger partial charge in [0.1, 0.15) is 5.75 Å². The van der Waals surface area contributed by atoms with Crippen LogP contribution in [0.25, 0.3) is 0 Å². The van der Waals surface area contributed by atoms with E-state index in [0.29, 0.717) is 0 Å². The number of likely N-dealkylation sites (N-methyl/N-ethyl adjacent to an activating group) is 1. The lowest BCUT2D eigenvalue weighted by Gasteiger charge is -2.35. The molecule has 0 amide bonds. The monoisotopic (exact) mass is 431 g/mol. The highest BCUT2D eigenvalue weighted by Crippen LogP contribution is 2.24. The van der Waals surface area contributed by atoms with Crippen LogP contribution < -0.4 is 15.4 Å². The number of aliphatic imine (C=N–C) groups is 1. The van der Waals surface area contributed by atoms with Gasteiger partial charge in [-0.3, -0.25) is 9.89 Å². The Morgan fingerprint density at radius 1 is 1.16 bits per heavy atom. The van der Waals surface area contributed by atoms with Gasteiger partial charge in [0.2, 0.25) is 0 Å². The molecule has 1 atom stereocenters. The lowest BCUT2D eigenvalue weighted by molar-refractivity contribution is 0.0170. The molecule has 7 nitrogen and oxygen atoms in total. The Kier molecular flexibility index (Phi) is 9.90. The molecule has 0 spiro atoms. The van der Waals surface area contributed by atoms with E-state index in [1.807, 2.05) is 19.2 Å². The van der Waals surface area contributed by atoms with Crippen molar-refractivity contribution in [2.75, 3.05) is 67.1 Å². The van der Waals surface area contributed by atoms with Crippen molar-refractivity contribution in [3.63, 3.8) is 0 Å². The number of morpholine rings is 1. The summed E-state index contributed by atoms with van der Waals surface area (Å²) in [5, 5.41) is 7.06. The fraction of sp³-hybridized carbons (Fsp3) is 0.708. The largest absolute Gasteiger partial charge is 0.497 e. The maximum atomic E-state index is 5.57. The molecular weight excluding hydrogens is 390 g/mol. The van der Waals surface area contributed by atoms with Gasteiger partial charge in [0.05, 0.1) is 26.4 Å². The molecule has 174 valence electrons. The highest BCUT2D eigenvalue weighted by Gasteiger charge is 2.23. The minimum Gasteiger partial charge on any atom is -0.497 e. The highest BCUT2D eigenvalue weighted by molar-refractivity contribution is 5.79. The van der Waals surface area contributed by atoms with Gasteiger partial charge in [-0.15, -0.1) is 0 Å². The topological polar surface area (TPSA) is 61.4 Å². The van der Waals surface area contributed by atoms with Gasteiger partial charge >= 0.3 is 0 Å². The van der Waals surface area contributed by atoms with E-state index in [4.69, 9.17) is 9.47 Å². The summed E-state index contributed by atoms with van der Waals surface area (Å²) >= 11 is 0. The molecule has 31 heavy (non-hydrogen) atoms. The SMILES string of the molecule is CN=C(NCCN(C)C1CCCCC1)NCC(c1ccc(OC)cc1)N1CCOCC1. The molecule has 2 N–H and O–H groups in total. The van der Waals surface area contributed by atoms with Gasteiger partial charge in [-0.25, -0.2) is 0 Å². The number of nitrogens with one attached hydrogen (secondary N) is 2. The molecular formula is C24H41N5O2. The first-order valence-electron chi connectivity index (χ1n) is 11.8. The van der Waals surface area contributed by atoms with E-state index in [-0.39, 0.29) is 6.04 Å². The van der Waals surface area contributed by atoms with Crippen LogP contribution in [0.4, 0.5) is 0 Å². The molecule has 1 aliphatic heterocycles. The number of benzene rings is 1. The van der Waals surface area contributed by atoms with Gasteiger partial charge in [-0.05, 0) is 37.6 Å². The predicted molar refractivity (Wildman–Crippen MR) is 127 cm³/mol. The lowest BCUT2D eigenvalue weighted by Crippen LogP contribution is -2.47. The summed E-state index contributed by atoms with van der Waals surface area (Å²) in [7, 11) is 5.81. The fourth-order valence-corrected chi connectivity index (χ4v) is 4.64. The third-order valence-corrected chi connectivity index (χ3v) is 6.63. The predicted octanol–water partition coefficient (Wildman–Crippen LogP) is 2.50. The molecule has 0 bridgehead atoms. The number of hydrogen-bond donors (Lipinski definition) is 2. The maximum absolute atomic E-state index is 5.57. The number of nitrogens with zero attached hydrogens (tertiary/aromatic N) is 3. The minimum atomic E-state index is 0.262. The van der Waals surface area contributed by atoms with Crippen molar-refractivity contribution in [3.05, 3.63) is 29.8 Å². The first kappa shape index (κ1) is 23.8. The molecule has 2 aliphatic rings. The molecule has 1 saturated carbocycles. The molecule has 2 fully saturated rings. The number of ether oxygens (including phenoxy) is 2. The molecule has 1 aromatic carbocycles. The summed E-state index contributed by atoms with van der Waals surface area (Å²) < 4.78 is 10.9. The van der Waals surface area contributed by atoms with Crippen LogP contribution in [-0.4, -0.2) is 88.9 Å². The van der Waals surface area contributed by atoms with Crippen LogP contribution in [0.2, 0.25) is 0 Å². The second-order valence-corrected chi connectivity index (χ2v) is 8.59. The highest BCUT2D eigenvalue weighted by atomic mass is 16.5. The molecule has 1 heterocycles. The van der Waals surface area contributed by atoms with Crippen LogP contribution in [0, 0.1) is 0 Å².